The molecule has 2 aromatic carbocycles. The SMILES string of the molecule is O=C(NCCc1ccc(Cl)cc1Cl)N(c1ccccc1)c1ncccc1C(F)(F)F. The molecule has 30 heavy (non-hydrogen) atoms. The lowest BCUT2D eigenvalue weighted by Crippen LogP contribution is -2.39. The number of hydrogen-bond acceptors (Lipinski definition) is 2. The van der Waals surface area contributed by atoms with Gasteiger partial charge in [-0.25, -0.2) is 14.7 Å². The molecule has 3 rings (SSSR count). The van der Waals surface area contributed by atoms with Crippen LogP contribution in [0.3, 0.4) is 0 Å². The molecule has 0 aliphatic carbocycles. The molecule has 0 atom stereocenters. The molecule has 0 saturated carbocycles. The van der Waals surface area contributed by atoms with Crippen LogP contribution in [0.2, 0.25) is 10.0 Å². The minimum atomic E-state index is -4.67. The van der Waals surface area contributed by atoms with Gasteiger partial charge in [-0.3, -0.25) is 0 Å². The highest BCUT2D eigenvalue weighted by molar-refractivity contribution is 6.35. The van der Waals surface area contributed by atoms with Crippen molar-refractivity contribution in [1.29, 1.82) is 0 Å². The van der Waals surface area contributed by atoms with Crippen LogP contribution in [0.25, 0.3) is 0 Å². The normalized spacial score (nSPS) is 11.2. The number of hydrogen-bond donors (Lipinski definition) is 1. The second-order valence-electron chi connectivity index (χ2n) is 6.26. The second kappa shape index (κ2) is 9.36. The van der Waals surface area contributed by atoms with Crippen LogP contribution >= 0.6 is 23.2 Å². The molecular formula is C21H16Cl2F3N3O. The number of halogens is 5. The molecule has 2 amide bonds. The van der Waals surface area contributed by atoms with Crippen LogP contribution < -0.4 is 10.2 Å². The molecule has 0 bridgehead atoms. The van der Waals surface area contributed by atoms with Crippen molar-refractivity contribution in [3.05, 3.63) is 88.0 Å². The van der Waals surface area contributed by atoms with E-state index in [4.69, 9.17) is 23.2 Å². The van der Waals surface area contributed by atoms with E-state index in [-0.39, 0.29) is 12.2 Å². The first-order valence-electron chi connectivity index (χ1n) is 8.86. The van der Waals surface area contributed by atoms with Gasteiger partial charge in [0.1, 0.15) is 0 Å². The number of pyridine rings is 1. The Morgan fingerprint density at radius 1 is 1.03 bits per heavy atom. The lowest BCUT2D eigenvalue weighted by atomic mass is 10.1. The summed E-state index contributed by atoms with van der Waals surface area (Å²) in [5, 5.41) is 3.57. The summed E-state index contributed by atoms with van der Waals surface area (Å²) in [5.74, 6) is -0.502. The maximum absolute atomic E-state index is 13.5. The van der Waals surface area contributed by atoms with Gasteiger partial charge in [0.05, 0.1) is 11.3 Å². The molecule has 1 aromatic heterocycles. The summed E-state index contributed by atoms with van der Waals surface area (Å²) in [7, 11) is 0. The Morgan fingerprint density at radius 2 is 1.77 bits per heavy atom. The topological polar surface area (TPSA) is 45.2 Å². The molecule has 0 fully saturated rings. The molecule has 0 saturated heterocycles. The molecule has 0 unspecified atom stereocenters. The minimum absolute atomic E-state index is 0.151. The number of anilines is 2. The van der Waals surface area contributed by atoms with Gasteiger partial charge in [-0.2, -0.15) is 13.2 Å². The van der Waals surface area contributed by atoms with Gasteiger partial charge >= 0.3 is 12.2 Å². The predicted molar refractivity (Wildman–Crippen MR) is 111 cm³/mol. The zero-order chi connectivity index (χ0) is 21.7. The average molecular weight is 454 g/mol. The van der Waals surface area contributed by atoms with Gasteiger partial charge < -0.3 is 5.32 Å². The molecule has 156 valence electrons. The molecule has 3 aromatic rings. The van der Waals surface area contributed by atoms with Gasteiger partial charge in [0.15, 0.2) is 5.82 Å². The molecule has 4 nitrogen and oxygen atoms in total. The quantitative estimate of drug-likeness (QED) is 0.479. The Labute approximate surface area is 181 Å². The number of carbonyl (C=O) groups excluding carboxylic acids is 1. The number of aromatic nitrogens is 1. The average Bonchev–Trinajstić information content (AvgIpc) is 2.70. The maximum atomic E-state index is 13.5. The molecule has 9 heteroatoms. The van der Waals surface area contributed by atoms with E-state index in [1.54, 1.807) is 36.4 Å². The molecular weight excluding hydrogens is 438 g/mol. The van der Waals surface area contributed by atoms with Crippen molar-refractivity contribution in [2.24, 2.45) is 0 Å². The summed E-state index contributed by atoms with van der Waals surface area (Å²) < 4.78 is 40.5. The van der Waals surface area contributed by atoms with Gasteiger partial charge in [-0.05, 0) is 48.4 Å². The van der Waals surface area contributed by atoms with E-state index in [2.05, 4.69) is 10.3 Å². The number of benzene rings is 2. The standard InChI is InChI=1S/C21H16Cl2F3N3O/c22-15-9-8-14(18(23)13-15)10-12-28-20(30)29(16-5-2-1-3-6-16)19-17(21(24,25)26)7-4-11-27-19/h1-9,11,13H,10,12H2,(H,28,30). The van der Waals surface area contributed by atoms with Crippen molar-refractivity contribution in [3.63, 3.8) is 0 Å². The lowest BCUT2D eigenvalue weighted by molar-refractivity contribution is -0.137. The molecule has 0 aliphatic heterocycles. The Kier molecular flexibility index (Phi) is 6.84. The van der Waals surface area contributed by atoms with E-state index >= 15 is 0 Å². The number of para-hydroxylation sites is 1. The van der Waals surface area contributed by atoms with E-state index in [9.17, 15) is 18.0 Å². The highest BCUT2D eigenvalue weighted by atomic mass is 35.5. The van der Waals surface area contributed by atoms with Crippen LogP contribution in [-0.2, 0) is 12.6 Å². The van der Waals surface area contributed by atoms with E-state index < -0.39 is 23.6 Å². The van der Waals surface area contributed by atoms with Gasteiger partial charge in [0, 0.05) is 22.8 Å². The van der Waals surface area contributed by atoms with Crippen LogP contribution in [-0.4, -0.2) is 17.6 Å². The van der Waals surface area contributed by atoms with Crippen molar-refractivity contribution in [2.45, 2.75) is 12.6 Å². The molecule has 1 N–H and O–H groups in total. The largest absolute Gasteiger partial charge is 0.419 e. The molecule has 0 aliphatic rings. The molecule has 1 heterocycles. The van der Waals surface area contributed by atoms with Gasteiger partial charge in [0.25, 0.3) is 0 Å². The van der Waals surface area contributed by atoms with E-state index in [0.717, 1.165) is 16.5 Å². The highest BCUT2D eigenvalue weighted by Gasteiger charge is 2.37. The number of nitrogens with one attached hydrogen (secondary N) is 1. The van der Waals surface area contributed by atoms with Crippen molar-refractivity contribution < 1.29 is 18.0 Å². The number of nitrogens with zero attached hydrogens (tertiary/aromatic N) is 2. The first-order chi connectivity index (χ1) is 14.3. The summed E-state index contributed by atoms with van der Waals surface area (Å²) in [5.41, 5.74) is -0.00471. The van der Waals surface area contributed by atoms with Gasteiger partial charge in [-0.1, -0.05) is 47.5 Å². The van der Waals surface area contributed by atoms with E-state index in [1.165, 1.54) is 24.4 Å². The highest BCUT2D eigenvalue weighted by Crippen LogP contribution is 2.37. The fraction of sp³-hybridized carbons (Fsp3) is 0.143. The Balaban J connectivity index is 1.86. The summed E-state index contributed by atoms with van der Waals surface area (Å²) in [4.78, 5) is 17.7. The van der Waals surface area contributed by atoms with Gasteiger partial charge in [-0.15, -0.1) is 0 Å². The maximum Gasteiger partial charge on any atom is 0.419 e. The van der Waals surface area contributed by atoms with Crippen LogP contribution in [0.1, 0.15) is 11.1 Å². The van der Waals surface area contributed by atoms with Crippen molar-refractivity contribution in [1.82, 2.24) is 10.3 Å². The summed E-state index contributed by atoms with van der Waals surface area (Å²) in [6, 6.07) is 14.3. The number of rotatable bonds is 5. The third-order valence-electron chi connectivity index (χ3n) is 4.21. The number of urea groups is 1. The van der Waals surface area contributed by atoms with Crippen LogP contribution in [0, 0.1) is 0 Å². The third-order valence-corrected chi connectivity index (χ3v) is 4.79. The summed E-state index contributed by atoms with van der Waals surface area (Å²) in [6.07, 6.45) is -3.09. The number of amides is 2. The molecule has 0 radical (unpaired) electrons. The Hall–Kier alpha value is -2.77. The van der Waals surface area contributed by atoms with Crippen molar-refractivity contribution in [3.8, 4) is 0 Å². The Morgan fingerprint density at radius 3 is 2.43 bits per heavy atom. The third kappa shape index (κ3) is 5.23. The number of alkyl halides is 3. The van der Waals surface area contributed by atoms with Crippen molar-refractivity contribution in [2.75, 3.05) is 11.4 Å². The zero-order valence-corrected chi connectivity index (χ0v) is 17.0. The second-order valence-corrected chi connectivity index (χ2v) is 7.10. The first-order valence-corrected chi connectivity index (χ1v) is 9.62. The first kappa shape index (κ1) is 21.9. The van der Waals surface area contributed by atoms with Crippen molar-refractivity contribution >= 4 is 40.7 Å². The zero-order valence-electron chi connectivity index (χ0n) is 15.5. The fourth-order valence-corrected chi connectivity index (χ4v) is 3.32. The minimum Gasteiger partial charge on any atom is -0.337 e. The number of carbonyl (C=O) groups is 1. The molecule has 0 spiro atoms. The van der Waals surface area contributed by atoms with E-state index in [1.807, 2.05) is 0 Å². The fourth-order valence-electron chi connectivity index (χ4n) is 2.82. The smallest absolute Gasteiger partial charge is 0.337 e. The predicted octanol–water partition coefficient (Wildman–Crippen LogP) is 6.50. The summed E-state index contributed by atoms with van der Waals surface area (Å²) in [6.45, 7) is 0.151. The Bertz CT molecular complexity index is 1030. The summed E-state index contributed by atoms with van der Waals surface area (Å²) >= 11 is 12.0. The lowest BCUT2D eigenvalue weighted by Gasteiger charge is -2.25. The van der Waals surface area contributed by atoms with E-state index in [0.29, 0.717) is 16.5 Å². The van der Waals surface area contributed by atoms with Crippen LogP contribution in [0.4, 0.5) is 29.5 Å². The van der Waals surface area contributed by atoms with Crippen LogP contribution in [0.5, 0.6) is 0 Å². The monoisotopic (exact) mass is 453 g/mol. The van der Waals surface area contributed by atoms with Crippen LogP contribution in [0.15, 0.2) is 66.9 Å². The van der Waals surface area contributed by atoms with Gasteiger partial charge in [0.2, 0.25) is 0 Å².